The van der Waals surface area contributed by atoms with Gasteiger partial charge in [0.2, 0.25) is 5.91 Å². The fraction of sp³-hybridized carbons (Fsp3) is 0.360. The molecule has 0 unspecified atom stereocenters. The number of carbonyl (C=O) groups is 2. The van der Waals surface area contributed by atoms with Crippen LogP contribution in [0.2, 0.25) is 0 Å². The van der Waals surface area contributed by atoms with Gasteiger partial charge in [0, 0.05) is 6.04 Å². The van der Waals surface area contributed by atoms with Gasteiger partial charge in [0.1, 0.15) is 0 Å². The summed E-state index contributed by atoms with van der Waals surface area (Å²) in [5.74, 6) is -0.462. The number of fused-ring (bicyclic) bond motifs is 1. The number of nitrogens with zero attached hydrogens (tertiary/aromatic N) is 2. The van der Waals surface area contributed by atoms with Crippen LogP contribution in [0.4, 0.5) is 4.79 Å². The van der Waals surface area contributed by atoms with E-state index in [1.807, 2.05) is 44.2 Å². The van der Waals surface area contributed by atoms with E-state index >= 15 is 0 Å². The van der Waals surface area contributed by atoms with E-state index in [0.29, 0.717) is 16.1 Å². The number of amides is 3. The van der Waals surface area contributed by atoms with Crippen LogP contribution in [-0.4, -0.2) is 33.3 Å². The van der Waals surface area contributed by atoms with Crippen molar-refractivity contribution >= 4 is 34.6 Å². The largest absolute Gasteiger partial charge is 0.335 e. The monoisotopic (exact) mass is 464 g/mol. The summed E-state index contributed by atoms with van der Waals surface area (Å²) in [5.41, 5.74) is 3.06. The van der Waals surface area contributed by atoms with Crippen LogP contribution in [-0.2, 0) is 4.79 Å². The summed E-state index contributed by atoms with van der Waals surface area (Å²) in [7, 11) is 0. The minimum atomic E-state index is -0.467. The highest BCUT2D eigenvalue weighted by Crippen LogP contribution is 2.24. The van der Waals surface area contributed by atoms with Gasteiger partial charge in [0.05, 0.1) is 22.3 Å². The first-order valence-corrected chi connectivity index (χ1v) is 12.2. The number of thioether (sulfide) groups is 1. The van der Waals surface area contributed by atoms with E-state index < -0.39 is 11.9 Å². The van der Waals surface area contributed by atoms with Crippen molar-refractivity contribution in [3.63, 3.8) is 0 Å². The molecule has 1 saturated carbocycles. The van der Waals surface area contributed by atoms with Crippen LogP contribution >= 0.6 is 11.8 Å². The van der Waals surface area contributed by atoms with Gasteiger partial charge in [-0.2, -0.15) is 0 Å². The maximum Gasteiger partial charge on any atom is 0.321 e. The minimum absolute atomic E-state index is 0.0340. The number of aromatic nitrogens is 2. The molecule has 8 heteroatoms. The van der Waals surface area contributed by atoms with E-state index in [2.05, 4.69) is 15.6 Å². The van der Waals surface area contributed by atoms with Crippen molar-refractivity contribution in [2.24, 2.45) is 0 Å². The lowest BCUT2D eigenvalue weighted by atomic mass is 9.96. The highest BCUT2D eigenvalue weighted by molar-refractivity contribution is 7.99. The third kappa shape index (κ3) is 5.45. The van der Waals surface area contributed by atoms with E-state index in [0.717, 1.165) is 54.3 Å². The van der Waals surface area contributed by atoms with Crippen molar-refractivity contribution in [1.29, 1.82) is 0 Å². The van der Waals surface area contributed by atoms with Gasteiger partial charge >= 0.3 is 6.03 Å². The molecular formula is C25H28N4O3S. The second kappa shape index (κ2) is 10.2. The van der Waals surface area contributed by atoms with Gasteiger partial charge in [0.15, 0.2) is 5.16 Å². The second-order valence-corrected chi connectivity index (χ2v) is 9.43. The van der Waals surface area contributed by atoms with Crippen molar-refractivity contribution < 1.29 is 9.59 Å². The number of hydrogen-bond donors (Lipinski definition) is 2. The van der Waals surface area contributed by atoms with Gasteiger partial charge < -0.3 is 5.32 Å². The Labute approximate surface area is 197 Å². The molecule has 1 aliphatic rings. The van der Waals surface area contributed by atoms with Gasteiger partial charge in [-0.1, -0.05) is 55.3 Å². The van der Waals surface area contributed by atoms with Crippen molar-refractivity contribution in [2.75, 3.05) is 5.75 Å². The SMILES string of the molecule is Cc1ccc(C)c(-n2c(SCC(=O)NC(=O)NC3CCCCC3)nc3ccccc3c2=O)c1. The first-order valence-electron chi connectivity index (χ1n) is 11.2. The van der Waals surface area contributed by atoms with Crippen LogP contribution in [0.25, 0.3) is 16.6 Å². The molecule has 33 heavy (non-hydrogen) atoms. The summed E-state index contributed by atoms with van der Waals surface area (Å²) in [6.07, 6.45) is 5.27. The van der Waals surface area contributed by atoms with Crippen molar-refractivity contribution in [3.8, 4) is 5.69 Å². The molecule has 0 atom stereocenters. The standard InChI is InChI=1S/C25H28N4O3S/c1-16-12-13-17(2)21(14-16)29-23(31)19-10-6-7-11-20(19)27-25(29)33-15-22(30)28-24(32)26-18-8-4-3-5-9-18/h6-7,10-14,18H,3-5,8-9,15H2,1-2H3,(H2,26,28,30,32). The number of nitrogens with one attached hydrogen (secondary N) is 2. The van der Waals surface area contributed by atoms with Gasteiger partial charge in [-0.3, -0.25) is 19.5 Å². The Morgan fingerprint density at radius 2 is 1.85 bits per heavy atom. The summed E-state index contributed by atoms with van der Waals surface area (Å²) in [5, 5.41) is 6.21. The molecule has 2 aromatic carbocycles. The first-order chi connectivity index (χ1) is 15.9. The Hall–Kier alpha value is -3.13. The van der Waals surface area contributed by atoms with Crippen LogP contribution in [0.5, 0.6) is 0 Å². The third-order valence-electron chi connectivity index (χ3n) is 5.88. The quantitative estimate of drug-likeness (QED) is 0.435. The van der Waals surface area contributed by atoms with E-state index in [1.54, 1.807) is 16.7 Å². The lowest BCUT2D eigenvalue weighted by molar-refractivity contribution is -0.117. The normalized spacial score (nSPS) is 14.2. The first kappa shape index (κ1) is 23.0. The molecule has 0 spiro atoms. The summed E-state index contributed by atoms with van der Waals surface area (Å²) in [6, 6.07) is 12.7. The molecule has 1 heterocycles. The Morgan fingerprint density at radius 1 is 1.09 bits per heavy atom. The Bertz CT molecular complexity index is 1250. The van der Waals surface area contributed by atoms with Crippen LogP contribution < -0.4 is 16.2 Å². The molecular weight excluding hydrogens is 436 g/mol. The number of carbonyl (C=O) groups excluding carboxylic acids is 2. The maximum atomic E-state index is 13.4. The van der Waals surface area contributed by atoms with Crippen LogP contribution in [0.1, 0.15) is 43.2 Å². The summed E-state index contributed by atoms with van der Waals surface area (Å²) < 4.78 is 1.56. The summed E-state index contributed by atoms with van der Waals surface area (Å²) in [6.45, 7) is 3.90. The van der Waals surface area contributed by atoms with Crippen LogP contribution in [0.15, 0.2) is 52.4 Å². The van der Waals surface area contributed by atoms with Gasteiger partial charge in [-0.05, 0) is 56.0 Å². The average Bonchev–Trinajstić information content (AvgIpc) is 2.80. The number of benzene rings is 2. The molecule has 7 nitrogen and oxygen atoms in total. The number of urea groups is 1. The van der Waals surface area contributed by atoms with Crippen LogP contribution in [0, 0.1) is 13.8 Å². The fourth-order valence-electron chi connectivity index (χ4n) is 4.14. The third-order valence-corrected chi connectivity index (χ3v) is 6.81. The molecule has 4 rings (SSSR count). The summed E-state index contributed by atoms with van der Waals surface area (Å²) in [4.78, 5) is 42.8. The molecule has 3 aromatic rings. The molecule has 0 bridgehead atoms. The number of imide groups is 1. The fourth-order valence-corrected chi connectivity index (χ4v) is 4.95. The zero-order valence-corrected chi connectivity index (χ0v) is 19.7. The van der Waals surface area contributed by atoms with E-state index in [9.17, 15) is 14.4 Å². The molecule has 0 saturated heterocycles. The Kier molecular flexibility index (Phi) is 7.13. The molecule has 0 radical (unpaired) electrons. The number of para-hydroxylation sites is 1. The molecule has 1 fully saturated rings. The van der Waals surface area contributed by atoms with Crippen molar-refractivity contribution in [2.45, 2.75) is 57.1 Å². The van der Waals surface area contributed by atoms with E-state index in [1.165, 1.54) is 6.42 Å². The topological polar surface area (TPSA) is 93.1 Å². The lowest BCUT2D eigenvalue weighted by Crippen LogP contribution is -2.45. The Morgan fingerprint density at radius 3 is 2.64 bits per heavy atom. The molecule has 172 valence electrons. The lowest BCUT2D eigenvalue weighted by Gasteiger charge is -2.22. The highest BCUT2D eigenvalue weighted by Gasteiger charge is 2.19. The van der Waals surface area contributed by atoms with E-state index in [4.69, 9.17) is 0 Å². The number of hydrogen-bond acceptors (Lipinski definition) is 5. The average molecular weight is 465 g/mol. The minimum Gasteiger partial charge on any atom is -0.335 e. The van der Waals surface area contributed by atoms with Crippen LogP contribution in [0.3, 0.4) is 0 Å². The maximum absolute atomic E-state index is 13.4. The van der Waals surface area contributed by atoms with Gasteiger partial charge in [-0.15, -0.1) is 0 Å². The molecule has 0 aliphatic heterocycles. The molecule has 2 N–H and O–H groups in total. The van der Waals surface area contributed by atoms with E-state index in [-0.39, 0.29) is 17.4 Å². The predicted octanol–water partition coefficient (Wildman–Crippen LogP) is 4.25. The van der Waals surface area contributed by atoms with Crippen molar-refractivity contribution in [1.82, 2.24) is 20.2 Å². The molecule has 1 aliphatic carbocycles. The van der Waals surface area contributed by atoms with Crippen molar-refractivity contribution in [3.05, 3.63) is 63.9 Å². The predicted molar refractivity (Wildman–Crippen MR) is 131 cm³/mol. The van der Waals surface area contributed by atoms with Gasteiger partial charge in [-0.25, -0.2) is 9.78 Å². The second-order valence-electron chi connectivity index (χ2n) is 8.49. The molecule has 1 aromatic heterocycles. The smallest absolute Gasteiger partial charge is 0.321 e. The molecule has 3 amide bonds. The zero-order chi connectivity index (χ0) is 23.4. The Balaban J connectivity index is 1.56. The number of rotatable bonds is 5. The van der Waals surface area contributed by atoms with Gasteiger partial charge in [0.25, 0.3) is 5.56 Å². The summed E-state index contributed by atoms with van der Waals surface area (Å²) >= 11 is 1.14. The number of aryl methyl sites for hydroxylation is 2. The zero-order valence-electron chi connectivity index (χ0n) is 18.9. The highest BCUT2D eigenvalue weighted by atomic mass is 32.2.